The van der Waals surface area contributed by atoms with Crippen LogP contribution in [0.2, 0.25) is 0 Å². The Bertz CT molecular complexity index is 581. The Morgan fingerprint density at radius 3 is 2.71 bits per heavy atom. The molecule has 1 heterocycles. The molecule has 2 aromatic rings. The lowest BCUT2D eigenvalue weighted by atomic mass is 10.1. The van der Waals surface area contributed by atoms with E-state index < -0.39 is 0 Å². The number of aryl methyl sites for hydroxylation is 2. The van der Waals surface area contributed by atoms with Gasteiger partial charge in [-0.1, -0.05) is 37.5 Å². The average Bonchev–Trinajstić information content (AvgIpc) is 2.47. The summed E-state index contributed by atoms with van der Waals surface area (Å²) in [4.78, 5) is 8.78. The third-order valence-corrected chi connectivity index (χ3v) is 3.37. The van der Waals surface area contributed by atoms with Crippen molar-refractivity contribution in [2.24, 2.45) is 0 Å². The summed E-state index contributed by atoms with van der Waals surface area (Å²) in [6.07, 6.45) is 5.41. The van der Waals surface area contributed by atoms with Crippen LogP contribution in [-0.2, 0) is 0 Å². The molecule has 0 aliphatic carbocycles. The summed E-state index contributed by atoms with van der Waals surface area (Å²) in [6.45, 7) is 7.33. The van der Waals surface area contributed by atoms with Gasteiger partial charge in [0, 0.05) is 18.4 Å². The number of anilines is 3. The molecule has 2 N–H and O–H groups in total. The minimum atomic E-state index is 0.627. The van der Waals surface area contributed by atoms with E-state index in [-0.39, 0.29) is 0 Å². The fourth-order valence-electron chi connectivity index (χ4n) is 2.18. The topological polar surface area (TPSA) is 49.8 Å². The van der Waals surface area contributed by atoms with Gasteiger partial charge in [0.2, 0.25) is 5.95 Å². The van der Waals surface area contributed by atoms with Gasteiger partial charge in [0.15, 0.2) is 0 Å². The van der Waals surface area contributed by atoms with Crippen LogP contribution in [0.5, 0.6) is 0 Å². The van der Waals surface area contributed by atoms with Gasteiger partial charge < -0.3 is 10.6 Å². The number of aromatic nitrogens is 2. The van der Waals surface area contributed by atoms with E-state index in [0.717, 1.165) is 18.1 Å². The van der Waals surface area contributed by atoms with Crippen LogP contribution < -0.4 is 10.6 Å². The number of hydrogen-bond donors (Lipinski definition) is 2. The molecule has 0 fully saturated rings. The second kappa shape index (κ2) is 7.62. The van der Waals surface area contributed by atoms with Gasteiger partial charge in [-0.3, -0.25) is 0 Å². The fourth-order valence-corrected chi connectivity index (χ4v) is 2.18. The van der Waals surface area contributed by atoms with Crippen molar-refractivity contribution < 1.29 is 0 Å². The molecule has 0 spiro atoms. The van der Waals surface area contributed by atoms with E-state index in [2.05, 4.69) is 59.6 Å². The number of nitrogens with one attached hydrogen (secondary N) is 2. The number of rotatable bonds is 7. The molecule has 112 valence electrons. The van der Waals surface area contributed by atoms with Crippen LogP contribution in [0.25, 0.3) is 0 Å². The Balaban J connectivity index is 2.00. The summed E-state index contributed by atoms with van der Waals surface area (Å²) in [5, 5.41) is 6.62. The van der Waals surface area contributed by atoms with Crippen molar-refractivity contribution in [2.45, 2.75) is 40.0 Å². The highest BCUT2D eigenvalue weighted by Crippen LogP contribution is 2.19. The normalized spacial score (nSPS) is 10.4. The summed E-state index contributed by atoms with van der Waals surface area (Å²) in [5.74, 6) is 1.50. The Labute approximate surface area is 127 Å². The summed E-state index contributed by atoms with van der Waals surface area (Å²) in [6, 6.07) is 8.20. The van der Waals surface area contributed by atoms with E-state index in [0.29, 0.717) is 5.95 Å². The minimum Gasteiger partial charge on any atom is -0.370 e. The lowest BCUT2D eigenvalue weighted by molar-refractivity contribution is 0.742. The molecule has 0 saturated carbocycles. The average molecular weight is 284 g/mol. The molecule has 1 aromatic carbocycles. The number of unbranched alkanes of at least 4 members (excludes halogenated alkanes) is 2. The maximum atomic E-state index is 4.50. The van der Waals surface area contributed by atoms with Crippen molar-refractivity contribution in [3.8, 4) is 0 Å². The third kappa shape index (κ3) is 4.74. The number of benzene rings is 1. The predicted octanol–water partition coefficient (Wildman–Crippen LogP) is 4.44. The molecule has 21 heavy (non-hydrogen) atoms. The quantitative estimate of drug-likeness (QED) is 0.738. The van der Waals surface area contributed by atoms with Crippen LogP contribution in [-0.4, -0.2) is 16.5 Å². The lowest BCUT2D eigenvalue weighted by Crippen LogP contribution is -2.05. The molecule has 4 nitrogen and oxygen atoms in total. The van der Waals surface area contributed by atoms with Crippen molar-refractivity contribution in [3.63, 3.8) is 0 Å². The van der Waals surface area contributed by atoms with E-state index in [9.17, 15) is 0 Å². The SMILES string of the molecule is CCCCCNc1ccnc(Nc2ccc(C)cc2C)n1. The second-order valence-corrected chi connectivity index (χ2v) is 5.34. The molecule has 0 bridgehead atoms. The Hall–Kier alpha value is -2.10. The maximum absolute atomic E-state index is 4.50. The molecule has 0 atom stereocenters. The maximum Gasteiger partial charge on any atom is 0.229 e. The summed E-state index contributed by atoms with van der Waals surface area (Å²) in [5.41, 5.74) is 3.49. The van der Waals surface area contributed by atoms with Crippen LogP contribution in [0, 0.1) is 13.8 Å². The molecule has 2 rings (SSSR count). The predicted molar refractivity (Wildman–Crippen MR) is 89.2 cm³/mol. The second-order valence-electron chi connectivity index (χ2n) is 5.34. The monoisotopic (exact) mass is 284 g/mol. The molecular weight excluding hydrogens is 260 g/mol. The largest absolute Gasteiger partial charge is 0.370 e. The molecule has 4 heteroatoms. The molecular formula is C17H24N4. The summed E-state index contributed by atoms with van der Waals surface area (Å²) < 4.78 is 0. The van der Waals surface area contributed by atoms with Crippen LogP contribution in [0.4, 0.5) is 17.5 Å². The first-order valence-electron chi connectivity index (χ1n) is 7.60. The summed E-state index contributed by atoms with van der Waals surface area (Å²) >= 11 is 0. The Morgan fingerprint density at radius 2 is 1.95 bits per heavy atom. The number of hydrogen-bond acceptors (Lipinski definition) is 4. The van der Waals surface area contributed by atoms with Gasteiger partial charge in [-0.15, -0.1) is 0 Å². The van der Waals surface area contributed by atoms with E-state index in [1.54, 1.807) is 6.20 Å². The highest BCUT2D eigenvalue weighted by molar-refractivity contribution is 5.59. The van der Waals surface area contributed by atoms with Crippen molar-refractivity contribution >= 4 is 17.5 Å². The minimum absolute atomic E-state index is 0.627. The van der Waals surface area contributed by atoms with Crippen molar-refractivity contribution in [1.29, 1.82) is 0 Å². The zero-order valence-corrected chi connectivity index (χ0v) is 13.1. The Morgan fingerprint density at radius 1 is 1.10 bits per heavy atom. The highest BCUT2D eigenvalue weighted by atomic mass is 15.1. The summed E-state index contributed by atoms with van der Waals surface area (Å²) in [7, 11) is 0. The first kappa shape index (κ1) is 15.3. The van der Waals surface area contributed by atoms with E-state index >= 15 is 0 Å². The fraction of sp³-hybridized carbons (Fsp3) is 0.412. The van der Waals surface area contributed by atoms with E-state index in [1.807, 2.05) is 6.07 Å². The third-order valence-electron chi connectivity index (χ3n) is 3.37. The molecule has 0 amide bonds. The Kier molecular flexibility index (Phi) is 5.55. The first-order chi connectivity index (χ1) is 10.2. The standard InChI is InChI=1S/C17H24N4/c1-4-5-6-10-18-16-9-11-19-17(21-16)20-15-8-7-13(2)12-14(15)3/h7-9,11-12H,4-6,10H2,1-3H3,(H2,18,19,20,21). The molecule has 0 radical (unpaired) electrons. The lowest BCUT2D eigenvalue weighted by Gasteiger charge is -2.10. The highest BCUT2D eigenvalue weighted by Gasteiger charge is 2.02. The molecule has 0 aliphatic rings. The smallest absolute Gasteiger partial charge is 0.229 e. The van der Waals surface area contributed by atoms with Crippen LogP contribution in [0.3, 0.4) is 0 Å². The molecule has 1 aromatic heterocycles. The van der Waals surface area contributed by atoms with Gasteiger partial charge in [0.1, 0.15) is 5.82 Å². The van der Waals surface area contributed by atoms with Crippen molar-refractivity contribution in [3.05, 3.63) is 41.6 Å². The van der Waals surface area contributed by atoms with Gasteiger partial charge in [0.05, 0.1) is 0 Å². The van der Waals surface area contributed by atoms with Gasteiger partial charge in [-0.05, 0) is 38.0 Å². The van der Waals surface area contributed by atoms with Gasteiger partial charge in [0.25, 0.3) is 0 Å². The number of nitrogens with zero attached hydrogens (tertiary/aromatic N) is 2. The van der Waals surface area contributed by atoms with Crippen molar-refractivity contribution in [2.75, 3.05) is 17.2 Å². The first-order valence-corrected chi connectivity index (χ1v) is 7.60. The molecule has 0 aliphatic heterocycles. The van der Waals surface area contributed by atoms with Gasteiger partial charge >= 0.3 is 0 Å². The zero-order chi connectivity index (χ0) is 15.1. The van der Waals surface area contributed by atoms with Crippen LogP contribution in [0.15, 0.2) is 30.5 Å². The van der Waals surface area contributed by atoms with Gasteiger partial charge in [-0.25, -0.2) is 4.98 Å². The zero-order valence-electron chi connectivity index (χ0n) is 13.1. The van der Waals surface area contributed by atoms with E-state index in [1.165, 1.54) is 30.4 Å². The van der Waals surface area contributed by atoms with Crippen molar-refractivity contribution in [1.82, 2.24) is 9.97 Å². The van der Waals surface area contributed by atoms with Crippen LogP contribution in [0.1, 0.15) is 37.3 Å². The molecule has 0 saturated heterocycles. The van der Waals surface area contributed by atoms with Gasteiger partial charge in [-0.2, -0.15) is 4.98 Å². The van der Waals surface area contributed by atoms with E-state index in [4.69, 9.17) is 0 Å². The van der Waals surface area contributed by atoms with Crippen LogP contribution >= 0.6 is 0 Å². The molecule has 0 unspecified atom stereocenters.